The molecule has 1 aromatic rings. The molecule has 7 nitrogen and oxygen atoms in total. The predicted molar refractivity (Wildman–Crippen MR) is 71.4 cm³/mol. The Hall–Kier alpha value is -2.22. The zero-order valence-corrected chi connectivity index (χ0v) is 11.6. The number of hydrogen-bond acceptors (Lipinski definition) is 6. The molecule has 1 heterocycles. The number of nitrogens with one attached hydrogen (secondary N) is 2. The number of ether oxygens (including phenoxy) is 1. The van der Waals surface area contributed by atoms with Crippen LogP contribution in [0.2, 0.25) is 0 Å². The van der Waals surface area contributed by atoms with Crippen molar-refractivity contribution in [1.29, 1.82) is 0 Å². The van der Waals surface area contributed by atoms with Gasteiger partial charge in [0.15, 0.2) is 12.4 Å². The number of carbonyl (C=O) groups is 4. The first-order valence-corrected chi connectivity index (χ1v) is 6.64. The van der Waals surface area contributed by atoms with E-state index in [4.69, 9.17) is 0 Å². The molecule has 0 aromatic carbocycles. The first kappa shape index (κ1) is 15.8. The normalized spacial score (nSPS) is 9.65. The second kappa shape index (κ2) is 8.05. The van der Waals surface area contributed by atoms with Crippen LogP contribution in [0, 0.1) is 0 Å². The molecule has 1 rings (SSSR count). The van der Waals surface area contributed by atoms with E-state index in [1.54, 1.807) is 17.5 Å². The Morgan fingerprint density at radius 3 is 2.60 bits per heavy atom. The van der Waals surface area contributed by atoms with Gasteiger partial charge in [-0.15, -0.1) is 11.3 Å². The molecule has 108 valence electrons. The van der Waals surface area contributed by atoms with Gasteiger partial charge < -0.3 is 10.1 Å². The van der Waals surface area contributed by atoms with E-state index in [1.165, 1.54) is 18.4 Å². The number of urea groups is 1. The smallest absolute Gasteiger partial charge is 0.321 e. The highest BCUT2D eigenvalue weighted by Gasteiger charge is 2.13. The summed E-state index contributed by atoms with van der Waals surface area (Å²) in [5, 5.41) is 5.90. The lowest BCUT2D eigenvalue weighted by Gasteiger charge is -2.04. The quantitative estimate of drug-likeness (QED) is 0.595. The average Bonchev–Trinajstić information content (AvgIpc) is 2.96. The van der Waals surface area contributed by atoms with Crippen molar-refractivity contribution in [2.75, 3.05) is 13.7 Å². The molecule has 0 unspecified atom stereocenters. The Morgan fingerprint density at radius 2 is 2.00 bits per heavy atom. The van der Waals surface area contributed by atoms with Crippen LogP contribution < -0.4 is 10.6 Å². The predicted octanol–water partition coefficient (Wildman–Crippen LogP) is 0.710. The van der Waals surface area contributed by atoms with Gasteiger partial charge in [-0.25, -0.2) is 4.79 Å². The van der Waals surface area contributed by atoms with Gasteiger partial charge in [-0.1, -0.05) is 6.07 Å². The lowest BCUT2D eigenvalue weighted by atomic mass is 10.2. The van der Waals surface area contributed by atoms with Crippen molar-refractivity contribution in [3.8, 4) is 0 Å². The third-order valence-corrected chi connectivity index (χ3v) is 3.11. The second-order valence-electron chi connectivity index (χ2n) is 3.69. The molecule has 20 heavy (non-hydrogen) atoms. The summed E-state index contributed by atoms with van der Waals surface area (Å²) in [5.41, 5.74) is 0. The number of imide groups is 1. The standard InChI is InChI=1S/C12H14N2O5S/c1-13-12(18)14-10(16)7-19-11(17)5-4-8(15)9-3-2-6-20-9/h2-3,6H,4-5,7H2,1H3,(H2,13,14,16,18). The van der Waals surface area contributed by atoms with Crippen LogP contribution in [0.25, 0.3) is 0 Å². The van der Waals surface area contributed by atoms with Crippen LogP contribution in [0.3, 0.4) is 0 Å². The second-order valence-corrected chi connectivity index (χ2v) is 4.64. The van der Waals surface area contributed by atoms with E-state index in [0.29, 0.717) is 4.88 Å². The van der Waals surface area contributed by atoms with Gasteiger partial charge >= 0.3 is 12.0 Å². The molecule has 0 fully saturated rings. The van der Waals surface area contributed by atoms with Crippen molar-refractivity contribution in [3.05, 3.63) is 22.4 Å². The molecule has 8 heteroatoms. The third-order valence-electron chi connectivity index (χ3n) is 2.20. The number of Topliss-reactive ketones (excluding diaryl/α,β-unsaturated/α-hetero) is 1. The summed E-state index contributed by atoms with van der Waals surface area (Å²) in [6.45, 7) is -0.556. The summed E-state index contributed by atoms with van der Waals surface area (Å²) < 4.78 is 4.64. The molecule has 0 aliphatic carbocycles. The lowest BCUT2D eigenvalue weighted by molar-refractivity contribution is -0.148. The van der Waals surface area contributed by atoms with Crippen LogP contribution in [-0.4, -0.2) is 37.3 Å². The van der Waals surface area contributed by atoms with E-state index >= 15 is 0 Å². The van der Waals surface area contributed by atoms with E-state index in [0.717, 1.165) is 0 Å². The van der Waals surface area contributed by atoms with Crippen LogP contribution in [0.4, 0.5) is 4.79 Å². The average molecular weight is 298 g/mol. The zero-order chi connectivity index (χ0) is 15.0. The van der Waals surface area contributed by atoms with Gasteiger partial charge in [0.05, 0.1) is 11.3 Å². The van der Waals surface area contributed by atoms with Crippen LogP contribution in [0.1, 0.15) is 22.5 Å². The zero-order valence-electron chi connectivity index (χ0n) is 10.8. The lowest BCUT2D eigenvalue weighted by Crippen LogP contribution is -2.39. The summed E-state index contributed by atoms with van der Waals surface area (Å²) in [4.78, 5) is 45.4. The molecule has 0 aliphatic heterocycles. The molecule has 0 atom stereocenters. The summed E-state index contributed by atoms with van der Waals surface area (Å²) in [7, 11) is 1.35. The first-order valence-electron chi connectivity index (χ1n) is 5.77. The minimum Gasteiger partial charge on any atom is -0.456 e. The van der Waals surface area contributed by atoms with Gasteiger partial charge in [0.2, 0.25) is 0 Å². The fourth-order valence-electron chi connectivity index (χ4n) is 1.22. The van der Waals surface area contributed by atoms with Gasteiger partial charge in [-0.3, -0.25) is 19.7 Å². The number of carbonyl (C=O) groups excluding carboxylic acids is 4. The molecule has 2 N–H and O–H groups in total. The van der Waals surface area contributed by atoms with E-state index < -0.39 is 24.5 Å². The number of amides is 3. The van der Waals surface area contributed by atoms with Crippen LogP contribution in [0.5, 0.6) is 0 Å². The van der Waals surface area contributed by atoms with Crippen LogP contribution in [-0.2, 0) is 14.3 Å². The van der Waals surface area contributed by atoms with E-state index in [1.807, 2.05) is 5.32 Å². The van der Waals surface area contributed by atoms with Gasteiger partial charge in [-0.2, -0.15) is 0 Å². The summed E-state index contributed by atoms with van der Waals surface area (Å²) in [6, 6.07) is 2.74. The van der Waals surface area contributed by atoms with E-state index in [-0.39, 0.29) is 18.6 Å². The largest absolute Gasteiger partial charge is 0.456 e. The van der Waals surface area contributed by atoms with Crippen molar-refractivity contribution in [1.82, 2.24) is 10.6 Å². The maximum Gasteiger partial charge on any atom is 0.321 e. The Morgan fingerprint density at radius 1 is 1.25 bits per heavy atom. The van der Waals surface area contributed by atoms with Crippen molar-refractivity contribution in [3.63, 3.8) is 0 Å². The SMILES string of the molecule is CNC(=O)NC(=O)COC(=O)CCC(=O)c1cccs1. The van der Waals surface area contributed by atoms with Crippen LogP contribution in [0.15, 0.2) is 17.5 Å². The molecule has 0 radical (unpaired) electrons. The Kier molecular flexibility index (Phi) is 6.38. The molecule has 0 aliphatic rings. The first-order chi connectivity index (χ1) is 9.52. The summed E-state index contributed by atoms with van der Waals surface area (Å²) in [5.74, 6) is -1.55. The topological polar surface area (TPSA) is 102 Å². The minimum atomic E-state index is -0.734. The highest BCUT2D eigenvalue weighted by atomic mass is 32.1. The Labute approximate surface area is 119 Å². The number of ketones is 1. The highest BCUT2D eigenvalue weighted by Crippen LogP contribution is 2.12. The molecule has 3 amide bonds. The van der Waals surface area contributed by atoms with Crippen molar-refractivity contribution in [2.24, 2.45) is 0 Å². The van der Waals surface area contributed by atoms with Gasteiger partial charge in [0.1, 0.15) is 0 Å². The van der Waals surface area contributed by atoms with Crippen molar-refractivity contribution < 1.29 is 23.9 Å². The van der Waals surface area contributed by atoms with E-state index in [2.05, 4.69) is 10.1 Å². The monoisotopic (exact) mass is 298 g/mol. The van der Waals surface area contributed by atoms with Crippen molar-refractivity contribution >= 4 is 35.0 Å². The van der Waals surface area contributed by atoms with Gasteiger partial charge in [-0.05, 0) is 11.4 Å². The molecular weight excluding hydrogens is 284 g/mol. The third kappa shape index (κ3) is 5.61. The fraction of sp³-hybridized carbons (Fsp3) is 0.333. The van der Waals surface area contributed by atoms with E-state index in [9.17, 15) is 19.2 Å². The fourth-order valence-corrected chi connectivity index (χ4v) is 1.91. The molecule has 0 spiro atoms. The maximum atomic E-state index is 11.6. The molecule has 0 bridgehead atoms. The van der Waals surface area contributed by atoms with Crippen molar-refractivity contribution in [2.45, 2.75) is 12.8 Å². The molecule has 0 saturated heterocycles. The van der Waals surface area contributed by atoms with Gasteiger partial charge in [0.25, 0.3) is 5.91 Å². The summed E-state index contributed by atoms with van der Waals surface area (Å²) in [6.07, 6.45) is -0.0829. The molecule has 1 aromatic heterocycles. The van der Waals surface area contributed by atoms with Gasteiger partial charge in [0, 0.05) is 13.5 Å². The summed E-state index contributed by atoms with van der Waals surface area (Å²) >= 11 is 1.30. The minimum absolute atomic E-state index is 0.0242. The number of esters is 1. The molecule has 0 saturated carbocycles. The highest BCUT2D eigenvalue weighted by molar-refractivity contribution is 7.12. The Bertz CT molecular complexity index is 498. The van der Waals surface area contributed by atoms with Crippen LogP contribution >= 0.6 is 11.3 Å². The maximum absolute atomic E-state index is 11.6. The number of rotatable bonds is 6. The number of thiophene rings is 1. The Balaban J connectivity index is 2.22. The number of hydrogen-bond donors (Lipinski definition) is 2. The molecular formula is C12H14N2O5S.